The quantitative estimate of drug-likeness (QED) is 0.425. The zero-order valence-electron chi connectivity index (χ0n) is 8.78. The summed E-state index contributed by atoms with van der Waals surface area (Å²) in [6.45, 7) is 0. The number of para-hydroxylation sites is 1. The van der Waals surface area contributed by atoms with Crippen molar-refractivity contribution in [2.45, 2.75) is 0 Å². The summed E-state index contributed by atoms with van der Waals surface area (Å²) in [5, 5.41) is 12.6. The average Bonchev–Trinajstić information content (AvgIpc) is 2.80. The van der Waals surface area contributed by atoms with Gasteiger partial charge in [-0.1, -0.05) is 18.2 Å². The van der Waals surface area contributed by atoms with Gasteiger partial charge in [0.25, 0.3) is 0 Å². The van der Waals surface area contributed by atoms with Crippen molar-refractivity contribution in [1.29, 1.82) is 0 Å². The van der Waals surface area contributed by atoms with Gasteiger partial charge in [-0.05, 0) is 11.3 Å². The Morgan fingerprint density at radius 2 is 1.82 bits per heavy atom. The molecule has 2 aliphatic rings. The molecule has 0 radical (unpaired) electrons. The molecule has 80 valence electrons. The van der Waals surface area contributed by atoms with E-state index in [0.717, 1.165) is 27.9 Å². The predicted molar refractivity (Wildman–Crippen MR) is 62.7 cm³/mol. The number of rotatable bonds is 0. The molecule has 0 atom stereocenters. The van der Waals surface area contributed by atoms with Crippen LogP contribution in [0.5, 0.6) is 0 Å². The maximum atomic E-state index is 4.57. The second kappa shape index (κ2) is 2.98. The zero-order valence-corrected chi connectivity index (χ0v) is 8.78. The highest BCUT2D eigenvalue weighted by Crippen LogP contribution is 2.19. The van der Waals surface area contributed by atoms with Crippen LogP contribution in [0.25, 0.3) is 27.9 Å². The number of pyridine rings is 1. The van der Waals surface area contributed by atoms with E-state index in [1.807, 2.05) is 47.1 Å². The van der Waals surface area contributed by atoms with E-state index in [1.54, 1.807) is 0 Å². The molecule has 0 saturated carbocycles. The van der Waals surface area contributed by atoms with Crippen LogP contribution in [-0.2, 0) is 0 Å². The fraction of sp³-hybridized carbons (Fsp3) is 0. The Morgan fingerprint density at radius 1 is 0.941 bits per heavy atom. The van der Waals surface area contributed by atoms with Crippen LogP contribution in [0.1, 0.15) is 0 Å². The SMILES string of the molecule is c1ccc2nc3cc4nnnc-4cn3cc2c1. The van der Waals surface area contributed by atoms with Crippen LogP contribution in [0.2, 0.25) is 0 Å². The van der Waals surface area contributed by atoms with E-state index in [2.05, 4.69) is 20.4 Å². The van der Waals surface area contributed by atoms with Gasteiger partial charge in [-0.3, -0.25) is 0 Å². The van der Waals surface area contributed by atoms with Crippen molar-refractivity contribution in [3.8, 4) is 11.4 Å². The Hall–Kier alpha value is -2.56. The third-order valence-corrected chi connectivity index (χ3v) is 2.81. The molecule has 0 spiro atoms. The molecular weight excluding hydrogens is 214 g/mol. The molecule has 0 bridgehead atoms. The van der Waals surface area contributed by atoms with Crippen molar-refractivity contribution in [1.82, 2.24) is 24.8 Å². The highest BCUT2D eigenvalue weighted by atomic mass is 15.3. The van der Waals surface area contributed by atoms with Gasteiger partial charge in [0.05, 0.1) is 5.52 Å². The molecule has 3 heterocycles. The first kappa shape index (κ1) is 8.58. The Balaban J connectivity index is 2.21. The summed E-state index contributed by atoms with van der Waals surface area (Å²) in [7, 11) is 0. The smallest absolute Gasteiger partial charge is 0.139 e. The number of nitrogens with zero attached hydrogens (tertiary/aromatic N) is 5. The van der Waals surface area contributed by atoms with Crippen LogP contribution in [0, 0.1) is 0 Å². The number of benzene rings is 1. The number of aromatic nitrogens is 5. The number of hydrogen-bond donors (Lipinski definition) is 0. The molecule has 0 saturated heterocycles. The van der Waals surface area contributed by atoms with Gasteiger partial charge < -0.3 is 4.40 Å². The first-order valence-electron chi connectivity index (χ1n) is 5.27. The minimum atomic E-state index is 0.771. The number of hydrogen-bond acceptors (Lipinski definition) is 4. The van der Waals surface area contributed by atoms with Gasteiger partial charge in [0.2, 0.25) is 0 Å². The van der Waals surface area contributed by atoms with Crippen LogP contribution in [0.3, 0.4) is 0 Å². The fourth-order valence-corrected chi connectivity index (χ4v) is 1.98. The topological polar surface area (TPSA) is 56.0 Å². The summed E-state index contributed by atoms with van der Waals surface area (Å²) in [5.74, 6) is 0. The minimum Gasteiger partial charge on any atom is -0.306 e. The first-order chi connectivity index (χ1) is 8.40. The summed E-state index contributed by atoms with van der Waals surface area (Å²) >= 11 is 0. The molecule has 1 aromatic carbocycles. The Labute approximate surface area is 96.1 Å². The molecule has 0 amide bonds. The maximum Gasteiger partial charge on any atom is 0.139 e. The molecule has 0 unspecified atom stereocenters. The van der Waals surface area contributed by atoms with Gasteiger partial charge in [0, 0.05) is 23.8 Å². The molecule has 2 aliphatic heterocycles. The van der Waals surface area contributed by atoms with E-state index in [-0.39, 0.29) is 0 Å². The van der Waals surface area contributed by atoms with Crippen molar-refractivity contribution in [3.05, 3.63) is 42.7 Å². The van der Waals surface area contributed by atoms with Crippen molar-refractivity contribution >= 4 is 16.6 Å². The molecule has 1 aromatic heterocycles. The lowest BCUT2D eigenvalue weighted by Gasteiger charge is -2.04. The minimum absolute atomic E-state index is 0.771. The lowest BCUT2D eigenvalue weighted by Crippen LogP contribution is -1.95. The molecular formula is C12H7N5. The third-order valence-electron chi connectivity index (χ3n) is 2.81. The van der Waals surface area contributed by atoms with Crippen LogP contribution in [0.15, 0.2) is 42.7 Å². The van der Waals surface area contributed by atoms with E-state index < -0.39 is 0 Å². The highest BCUT2D eigenvalue weighted by molar-refractivity contribution is 5.80. The molecule has 0 N–H and O–H groups in total. The maximum absolute atomic E-state index is 4.57. The average molecular weight is 221 g/mol. The lowest BCUT2D eigenvalue weighted by molar-refractivity contribution is 0.952. The van der Waals surface area contributed by atoms with Gasteiger partial charge in [0.15, 0.2) is 0 Å². The summed E-state index contributed by atoms with van der Waals surface area (Å²) in [4.78, 5) is 4.57. The largest absolute Gasteiger partial charge is 0.306 e. The van der Waals surface area contributed by atoms with Crippen molar-refractivity contribution < 1.29 is 0 Å². The van der Waals surface area contributed by atoms with Crippen molar-refractivity contribution in [2.24, 2.45) is 0 Å². The first-order valence-corrected chi connectivity index (χ1v) is 5.27. The van der Waals surface area contributed by atoms with E-state index >= 15 is 0 Å². The van der Waals surface area contributed by atoms with Crippen LogP contribution in [-0.4, -0.2) is 24.8 Å². The molecule has 17 heavy (non-hydrogen) atoms. The standard InChI is InChI=1S/C12H7N5/c1-2-4-9-8(3-1)6-17-7-11-10(14-16-15-11)5-12(17)13-9/h1-7H. The lowest BCUT2D eigenvalue weighted by atomic mass is 10.2. The van der Waals surface area contributed by atoms with Gasteiger partial charge >= 0.3 is 0 Å². The molecule has 5 nitrogen and oxygen atoms in total. The molecule has 0 fully saturated rings. The van der Waals surface area contributed by atoms with Crippen molar-refractivity contribution in [2.75, 3.05) is 0 Å². The monoisotopic (exact) mass is 221 g/mol. The van der Waals surface area contributed by atoms with Crippen LogP contribution >= 0.6 is 0 Å². The van der Waals surface area contributed by atoms with E-state index in [4.69, 9.17) is 0 Å². The van der Waals surface area contributed by atoms with Gasteiger partial charge in [-0.2, -0.15) is 0 Å². The Morgan fingerprint density at radius 3 is 2.82 bits per heavy atom. The van der Waals surface area contributed by atoms with Crippen LogP contribution < -0.4 is 0 Å². The van der Waals surface area contributed by atoms with E-state index in [0.29, 0.717) is 0 Å². The third kappa shape index (κ3) is 1.19. The van der Waals surface area contributed by atoms with Gasteiger partial charge in [0.1, 0.15) is 17.0 Å². The zero-order chi connectivity index (χ0) is 11.2. The Bertz CT molecular complexity index is 738. The van der Waals surface area contributed by atoms with E-state index in [1.165, 1.54) is 0 Å². The van der Waals surface area contributed by atoms with Gasteiger partial charge in [-0.15, -0.1) is 10.2 Å². The Kier molecular flexibility index (Phi) is 1.50. The summed E-state index contributed by atoms with van der Waals surface area (Å²) in [5.41, 5.74) is 3.37. The number of fused-ring (bicyclic) bond motifs is 3. The second-order valence-corrected chi connectivity index (χ2v) is 3.90. The summed E-state index contributed by atoms with van der Waals surface area (Å²) in [6.07, 6.45) is 3.93. The van der Waals surface area contributed by atoms with E-state index in [9.17, 15) is 0 Å². The molecule has 4 rings (SSSR count). The summed E-state index contributed by atoms with van der Waals surface area (Å²) < 4.78 is 1.95. The highest BCUT2D eigenvalue weighted by Gasteiger charge is 2.09. The molecule has 0 aliphatic carbocycles. The normalized spacial score (nSPS) is 11.5. The van der Waals surface area contributed by atoms with Crippen LogP contribution in [0.4, 0.5) is 0 Å². The summed E-state index contributed by atoms with van der Waals surface area (Å²) in [6, 6.07) is 9.90. The molecule has 2 aromatic rings. The fourth-order valence-electron chi connectivity index (χ4n) is 1.98. The second-order valence-electron chi connectivity index (χ2n) is 3.90. The van der Waals surface area contributed by atoms with Crippen molar-refractivity contribution in [3.63, 3.8) is 0 Å². The van der Waals surface area contributed by atoms with Gasteiger partial charge in [-0.25, -0.2) is 4.98 Å². The molecule has 5 heteroatoms. The predicted octanol–water partition coefficient (Wildman–Crippen LogP) is 1.78.